The molecule has 0 atom stereocenters. The molecule has 3 rings (SSSR count). The lowest BCUT2D eigenvalue weighted by Gasteiger charge is -2.07. The van der Waals surface area contributed by atoms with Gasteiger partial charge < -0.3 is 4.98 Å². The molecule has 0 unspecified atom stereocenters. The molecule has 3 N–H and O–H groups in total. The summed E-state index contributed by atoms with van der Waals surface area (Å²) in [6.07, 6.45) is 2.08. The van der Waals surface area contributed by atoms with E-state index in [1.54, 1.807) is 17.5 Å². The van der Waals surface area contributed by atoms with Crippen LogP contribution in [0.2, 0.25) is 0 Å². The summed E-state index contributed by atoms with van der Waals surface area (Å²) in [4.78, 5) is 41.3. The molecule has 0 saturated heterocycles. The van der Waals surface area contributed by atoms with E-state index in [9.17, 15) is 14.4 Å². The van der Waals surface area contributed by atoms with Crippen molar-refractivity contribution in [2.45, 2.75) is 33.1 Å². The zero-order valence-corrected chi connectivity index (χ0v) is 16.0. The summed E-state index contributed by atoms with van der Waals surface area (Å²) in [6, 6.07) is 9.55. The molecule has 0 radical (unpaired) electrons. The fourth-order valence-electron chi connectivity index (χ4n) is 2.97. The highest BCUT2D eigenvalue weighted by atomic mass is 32.1. The third kappa shape index (κ3) is 4.62. The van der Waals surface area contributed by atoms with Crippen LogP contribution in [0.3, 0.4) is 0 Å². The second-order valence-electron chi connectivity index (χ2n) is 6.38. The number of hydrogen-bond acceptors (Lipinski definition) is 4. The Bertz CT molecular complexity index is 1000. The zero-order chi connectivity index (χ0) is 19.4. The van der Waals surface area contributed by atoms with Gasteiger partial charge in [-0.05, 0) is 31.5 Å². The highest BCUT2D eigenvalue weighted by Crippen LogP contribution is 2.22. The lowest BCUT2D eigenvalue weighted by molar-refractivity contribution is -0.128. The van der Waals surface area contributed by atoms with Crippen LogP contribution < -0.4 is 10.9 Å². The predicted molar refractivity (Wildman–Crippen MR) is 106 cm³/mol. The second kappa shape index (κ2) is 8.18. The summed E-state index contributed by atoms with van der Waals surface area (Å²) in [5.41, 5.74) is 7.27. The van der Waals surface area contributed by atoms with Crippen molar-refractivity contribution >= 4 is 39.8 Å². The van der Waals surface area contributed by atoms with Crippen molar-refractivity contribution in [2.24, 2.45) is 0 Å². The second-order valence-corrected chi connectivity index (χ2v) is 7.84. The Morgan fingerprint density at radius 2 is 1.78 bits per heavy atom. The van der Waals surface area contributed by atoms with E-state index >= 15 is 0 Å². The molecule has 0 aliphatic rings. The zero-order valence-electron chi connectivity index (χ0n) is 15.2. The number of ketones is 1. The Kier molecular flexibility index (Phi) is 5.71. The molecule has 7 heteroatoms. The molecule has 6 nitrogen and oxygen atoms in total. The number of Topliss-reactive ketones (excluding diaryl/α,β-unsaturated/α-hetero) is 1. The van der Waals surface area contributed by atoms with Crippen LogP contribution in [0.5, 0.6) is 0 Å². The monoisotopic (exact) mass is 383 g/mol. The van der Waals surface area contributed by atoms with Crippen LogP contribution in [-0.2, 0) is 16.0 Å². The number of thiophene rings is 1. The average Bonchev–Trinajstić information content (AvgIpc) is 3.20. The van der Waals surface area contributed by atoms with E-state index in [-0.39, 0.29) is 36.9 Å². The first kappa shape index (κ1) is 18.8. The summed E-state index contributed by atoms with van der Waals surface area (Å²) in [6.45, 7) is 3.85. The van der Waals surface area contributed by atoms with Gasteiger partial charge in [-0.25, -0.2) is 0 Å². The SMILES string of the molecule is Cc1cc(C(=O)CCC(=O)NNC(=O)Cc2c[nH]c3ccccc23)c(C)s1. The first-order valence-corrected chi connectivity index (χ1v) is 9.48. The van der Waals surface area contributed by atoms with Crippen LogP contribution in [0.25, 0.3) is 10.9 Å². The molecule has 2 heterocycles. The molecule has 0 saturated carbocycles. The molecule has 0 aliphatic heterocycles. The van der Waals surface area contributed by atoms with Gasteiger partial charge in [0.2, 0.25) is 11.8 Å². The van der Waals surface area contributed by atoms with Crippen molar-refractivity contribution in [1.29, 1.82) is 0 Å². The number of H-pyrrole nitrogens is 1. The van der Waals surface area contributed by atoms with Gasteiger partial charge >= 0.3 is 0 Å². The Morgan fingerprint density at radius 3 is 2.52 bits per heavy atom. The summed E-state index contributed by atoms with van der Waals surface area (Å²) in [5, 5.41) is 0.978. The largest absolute Gasteiger partial charge is 0.361 e. The number of hydrogen-bond donors (Lipinski definition) is 3. The topological polar surface area (TPSA) is 91.1 Å². The van der Waals surface area contributed by atoms with Gasteiger partial charge in [-0.2, -0.15) is 0 Å². The maximum atomic E-state index is 12.2. The van der Waals surface area contributed by atoms with Crippen LogP contribution in [0, 0.1) is 13.8 Å². The van der Waals surface area contributed by atoms with Crippen molar-refractivity contribution in [3.05, 3.63) is 57.4 Å². The van der Waals surface area contributed by atoms with Crippen molar-refractivity contribution in [2.75, 3.05) is 0 Å². The van der Waals surface area contributed by atoms with Gasteiger partial charge in [0.25, 0.3) is 0 Å². The highest BCUT2D eigenvalue weighted by molar-refractivity contribution is 7.12. The summed E-state index contributed by atoms with van der Waals surface area (Å²) in [5.74, 6) is -0.763. The number of amides is 2. The van der Waals surface area contributed by atoms with Crippen LogP contribution in [-0.4, -0.2) is 22.6 Å². The van der Waals surface area contributed by atoms with Crippen LogP contribution in [0.1, 0.15) is 38.5 Å². The smallest absolute Gasteiger partial charge is 0.242 e. The average molecular weight is 383 g/mol. The van der Waals surface area contributed by atoms with Gasteiger partial charge in [0.1, 0.15) is 0 Å². The van der Waals surface area contributed by atoms with Gasteiger partial charge in [-0.15, -0.1) is 11.3 Å². The van der Waals surface area contributed by atoms with Gasteiger partial charge in [-0.1, -0.05) is 18.2 Å². The van der Waals surface area contributed by atoms with E-state index < -0.39 is 0 Å². The minimum Gasteiger partial charge on any atom is -0.361 e. The minimum atomic E-state index is -0.389. The van der Waals surface area contributed by atoms with Crippen LogP contribution in [0.4, 0.5) is 0 Å². The van der Waals surface area contributed by atoms with E-state index in [4.69, 9.17) is 0 Å². The molecule has 27 heavy (non-hydrogen) atoms. The number of benzene rings is 1. The fraction of sp³-hybridized carbons (Fsp3) is 0.250. The summed E-state index contributed by atoms with van der Waals surface area (Å²) >= 11 is 1.57. The molecule has 0 spiro atoms. The summed E-state index contributed by atoms with van der Waals surface area (Å²) in [7, 11) is 0. The fourth-order valence-corrected chi connectivity index (χ4v) is 3.91. The third-order valence-corrected chi connectivity index (χ3v) is 5.25. The van der Waals surface area contributed by atoms with E-state index in [1.165, 1.54) is 0 Å². The van der Waals surface area contributed by atoms with Gasteiger partial charge in [0, 0.05) is 45.3 Å². The number of carbonyl (C=O) groups excluding carboxylic acids is 3. The third-order valence-electron chi connectivity index (χ3n) is 4.29. The maximum Gasteiger partial charge on any atom is 0.242 e. The Morgan fingerprint density at radius 1 is 1.04 bits per heavy atom. The lowest BCUT2D eigenvalue weighted by atomic mass is 10.1. The lowest BCUT2D eigenvalue weighted by Crippen LogP contribution is -2.42. The van der Waals surface area contributed by atoms with E-state index in [0.717, 1.165) is 26.2 Å². The van der Waals surface area contributed by atoms with Crippen LogP contribution >= 0.6 is 11.3 Å². The number of carbonyl (C=O) groups is 3. The van der Waals surface area contributed by atoms with Gasteiger partial charge in [0.15, 0.2) is 5.78 Å². The molecule has 2 aromatic heterocycles. The molecular weight excluding hydrogens is 362 g/mol. The first-order valence-electron chi connectivity index (χ1n) is 8.67. The van der Waals surface area contributed by atoms with Crippen molar-refractivity contribution < 1.29 is 14.4 Å². The number of aromatic amines is 1. The molecular formula is C20H21N3O3S. The van der Waals surface area contributed by atoms with Crippen molar-refractivity contribution in [3.8, 4) is 0 Å². The molecule has 0 fully saturated rings. The molecule has 140 valence electrons. The molecule has 2 amide bonds. The molecule has 1 aromatic carbocycles. The van der Waals surface area contributed by atoms with Crippen molar-refractivity contribution in [1.82, 2.24) is 15.8 Å². The summed E-state index contributed by atoms with van der Waals surface area (Å²) < 4.78 is 0. The first-order chi connectivity index (χ1) is 12.9. The normalized spacial score (nSPS) is 10.7. The quantitative estimate of drug-likeness (QED) is 0.451. The number of nitrogens with one attached hydrogen (secondary N) is 3. The Labute approximate surface area is 160 Å². The van der Waals surface area contributed by atoms with Gasteiger partial charge in [0.05, 0.1) is 6.42 Å². The minimum absolute atomic E-state index is 0.0283. The van der Waals surface area contributed by atoms with Crippen molar-refractivity contribution in [3.63, 3.8) is 0 Å². The molecule has 0 bridgehead atoms. The highest BCUT2D eigenvalue weighted by Gasteiger charge is 2.14. The molecule has 3 aromatic rings. The Hall–Kier alpha value is -2.93. The number of hydrazine groups is 1. The van der Waals surface area contributed by atoms with E-state index in [1.807, 2.05) is 44.2 Å². The Balaban J connectivity index is 1.45. The number of rotatable bonds is 6. The van der Waals surface area contributed by atoms with E-state index in [0.29, 0.717) is 5.56 Å². The molecule has 0 aliphatic carbocycles. The standard InChI is InChI=1S/C20H21N3O3S/c1-12-9-16(13(2)27-12)18(24)7-8-19(25)22-23-20(26)10-14-11-21-17-6-4-3-5-15(14)17/h3-6,9,11,21H,7-8,10H2,1-2H3,(H,22,25)(H,23,26). The van der Waals surface area contributed by atoms with Crippen LogP contribution in [0.15, 0.2) is 36.5 Å². The van der Waals surface area contributed by atoms with Gasteiger partial charge in [-0.3, -0.25) is 25.2 Å². The van der Waals surface area contributed by atoms with E-state index in [2.05, 4.69) is 15.8 Å². The number of aromatic nitrogens is 1. The number of para-hydroxylation sites is 1. The number of aryl methyl sites for hydroxylation is 2. The maximum absolute atomic E-state index is 12.2. The predicted octanol–water partition coefficient (Wildman–Crippen LogP) is 3.20. The number of fused-ring (bicyclic) bond motifs is 1.